The number of phenols is 1. The van der Waals surface area contributed by atoms with Crippen LogP contribution in [0.25, 0.3) is 22.3 Å². The maximum absolute atomic E-state index is 13.6. The Kier molecular flexibility index (Phi) is 6.01. The molecule has 45 heavy (non-hydrogen) atoms. The number of nitrogens with one attached hydrogen (secondary N) is 1. The largest absolute Gasteiger partial charge is 0.510 e. The van der Waals surface area contributed by atoms with Crippen molar-refractivity contribution in [1.29, 1.82) is 0 Å². The number of nitrogens with zero attached hydrogens (tertiary/aromatic N) is 1. The summed E-state index contributed by atoms with van der Waals surface area (Å²) >= 11 is 0. The number of H-pyrrole nitrogens is 1. The summed E-state index contributed by atoms with van der Waals surface area (Å²) in [5, 5.41) is 35.9. The van der Waals surface area contributed by atoms with Gasteiger partial charge in [-0.2, -0.15) is 0 Å². The highest BCUT2D eigenvalue weighted by Crippen LogP contribution is 2.54. The highest BCUT2D eigenvalue weighted by Gasteiger charge is 2.53. The Labute approximate surface area is 250 Å². The number of rotatable bonds is 5. The standard InChI is InChI=1S/C33H22N2O10/c1-44-19-11-18(36)21-22(26(19)37)28(39)24-23(27(21)38)30(41)33(31(24)42)8-7-15-9-16-10-17(35-32(43)20(16)29(40)25(15)33)12-34-45-13-14-5-3-2-4-6-14/h2-6,9-12,40-42H,7-8,13H2,1H3,(H,35,43)/b34-12+/t33-/m0/s1. The van der Waals surface area contributed by atoms with E-state index in [1.165, 1.54) is 6.21 Å². The third-order valence-corrected chi connectivity index (χ3v) is 8.62. The number of hydrogen-bond acceptors (Lipinski definition) is 11. The molecule has 2 aromatic carbocycles. The lowest BCUT2D eigenvalue weighted by molar-refractivity contribution is 0.132. The molecule has 1 aromatic heterocycles. The van der Waals surface area contributed by atoms with Gasteiger partial charge in [0.15, 0.2) is 11.2 Å². The van der Waals surface area contributed by atoms with Crippen molar-refractivity contribution in [2.45, 2.75) is 24.9 Å². The van der Waals surface area contributed by atoms with Crippen LogP contribution in [-0.4, -0.2) is 33.6 Å². The molecule has 0 bridgehead atoms. The molecular weight excluding hydrogens is 584 g/mol. The first-order valence-electron chi connectivity index (χ1n) is 13.8. The van der Waals surface area contributed by atoms with Crippen molar-refractivity contribution in [3.8, 4) is 11.5 Å². The van der Waals surface area contributed by atoms with Crippen molar-refractivity contribution in [2.24, 2.45) is 5.16 Å². The molecule has 4 N–H and O–H groups in total. The van der Waals surface area contributed by atoms with Gasteiger partial charge in [-0.15, -0.1) is 0 Å². The van der Waals surface area contributed by atoms with Gasteiger partial charge in [0.2, 0.25) is 16.3 Å². The van der Waals surface area contributed by atoms with Gasteiger partial charge < -0.3 is 29.9 Å². The van der Waals surface area contributed by atoms with Gasteiger partial charge in [-0.3, -0.25) is 24.0 Å². The molecule has 0 unspecified atom stereocenters. The van der Waals surface area contributed by atoms with Crippen LogP contribution in [0.3, 0.4) is 0 Å². The highest BCUT2D eigenvalue weighted by molar-refractivity contribution is 5.96. The number of aliphatic hydroxyl groups is 2. The van der Waals surface area contributed by atoms with E-state index in [1.54, 1.807) is 12.1 Å². The van der Waals surface area contributed by atoms with Crippen LogP contribution in [-0.2, 0) is 23.3 Å². The lowest BCUT2D eigenvalue weighted by atomic mass is 9.78. The Bertz CT molecular complexity index is 2620. The third kappa shape index (κ3) is 3.71. The quantitative estimate of drug-likeness (QED) is 0.157. The lowest BCUT2D eigenvalue weighted by Gasteiger charge is -2.27. The molecule has 4 aliphatic rings. The summed E-state index contributed by atoms with van der Waals surface area (Å²) in [5.74, 6) is -2.55. The molecule has 0 amide bonds. The second kappa shape index (κ2) is 9.74. The van der Waals surface area contributed by atoms with Gasteiger partial charge in [0, 0.05) is 11.6 Å². The van der Waals surface area contributed by atoms with E-state index in [2.05, 4.69) is 10.1 Å². The van der Waals surface area contributed by atoms with Gasteiger partial charge in [0.1, 0.15) is 29.3 Å². The fourth-order valence-corrected chi connectivity index (χ4v) is 6.62. The Balaban J connectivity index is 1.41. The molecule has 4 aliphatic carbocycles. The van der Waals surface area contributed by atoms with Gasteiger partial charge in [-0.05, 0) is 35.4 Å². The molecule has 1 heterocycles. The predicted molar refractivity (Wildman–Crippen MR) is 162 cm³/mol. The summed E-state index contributed by atoms with van der Waals surface area (Å²) in [7, 11) is 1.12. The molecule has 0 radical (unpaired) electrons. The monoisotopic (exact) mass is 606 g/mol. The zero-order valence-corrected chi connectivity index (χ0v) is 23.5. The van der Waals surface area contributed by atoms with Gasteiger partial charge in [-0.25, -0.2) is 0 Å². The Morgan fingerprint density at radius 1 is 0.889 bits per heavy atom. The molecule has 0 fully saturated rings. The average Bonchev–Trinajstić information content (AvgIpc) is 3.51. The number of aromatic hydroxyl groups is 1. The van der Waals surface area contributed by atoms with E-state index in [0.717, 1.165) is 18.7 Å². The molecule has 224 valence electrons. The van der Waals surface area contributed by atoms with Crippen molar-refractivity contribution in [3.63, 3.8) is 0 Å². The fraction of sp³-hybridized carbons (Fsp3) is 0.152. The van der Waals surface area contributed by atoms with E-state index in [4.69, 9.17) is 9.57 Å². The maximum atomic E-state index is 13.6. The number of methoxy groups -OCH3 is 1. The normalized spacial score (nSPS) is 17.1. The molecule has 1 atom stereocenters. The summed E-state index contributed by atoms with van der Waals surface area (Å²) in [4.78, 5) is 74.0. The number of oxime groups is 1. The van der Waals surface area contributed by atoms with Crippen LogP contribution >= 0.6 is 0 Å². The molecule has 0 saturated carbocycles. The van der Waals surface area contributed by atoms with Gasteiger partial charge in [0.25, 0.3) is 5.56 Å². The fourth-order valence-electron chi connectivity index (χ4n) is 6.62. The first-order chi connectivity index (χ1) is 21.6. The predicted octanol–water partition coefficient (Wildman–Crippen LogP) is 0.0644. The first-order valence-corrected chi connectivity index (χ1v) is 13.8. The van der Waals surface area contributed by atoms with Crippen molar-refractivity contribution >= 4 is 28.5 Å². The summed E-state index contributed by atoms with van der Waals surface area (Å²) in [6, 6.07) is 13.3. The average molecular weight is 607 g/mol. The number of ether oxygens (including phenoxy) is 1. The van der Waals surface area contributed by atoms with Crippen LogP contribution in [0.5, 0.6) is 11.5 Å². The summed E-state index contributed by atoms with van der Waals surface area (Å²) in [6.45, 7) is 0.208. The zero-order valence-electron chi connectivity index (χ0n) is 23.5. The van der Waals surface area contributed by atoms with E-state index in [0.29, 0.717) is 10.9 Å². The van der Waals surface area contributed by atoms with Crippen LogP contribution < -0.4 is 42.4 Å². The number of aromatic amines is 1. The van der Waals surface area contributed by atoms with Crippen molar-refractivity contribution in [2.75, 3.05) is 7.11 Å². The minimum absolute atomic E-state index is 0.0653. The topological polar surface area (TPSA) is 193 Å². The third-order valence-electron chi connectivity index (χ3n) is 8.62. The molecule has 0 saturated heterocycles. The molecule has 3 aromatic rings. The Morgan fingerprint density at radius 2 is 1.58 bits per heavy atom. The van der Waals surface area contributed by atoms with Crippen molar-refractivity contribution in [1.82, 2.24) is 4.98 Å². The Hall–Kier alpha value is -6.04. The number of phenolic OH excluding ortho intramolecular Hbond substituents is 1. The maximum Gasteiger partial charge on any atom is 0.260 e. The minimum atomic E-state index is -1.97. The first kappa shape index (κ1) is 27.8. The summed E-state index contributed by atoms with van der Waals surface area (Å²) < 4.78 is 4.90. The van der Waals surface area contributed by atoms with Crippen molar-refractivity contribution < 1.29 is 24.9 Å². The second-order valence-electron chi connectivity index (χ2n) is 10.9. The minimum Gasteiger partial charge on any atom is -0.510 e. The van der Waals surface area contributed by atoms with E-state index in [9.17, 15) is 39.3 Å². The van der Waals surface area contributed by atoms with Gasteiger partial charge >= 0.3 is 0 Å². The van der Waals surface area contributed by atoms with E-state index in [1.807, 2.05) is 30.3 Å². The number of pyridine rings is 1. The van der Waals surface area contributed by atoms with Crippen LogP contribution in [0.15, 0.2) is 77.7 Å². The number of benzene rings is 2. The molecule has 12 nitrogen and oxygen atoms in total. The summed E-state index contributed by atoms with van der Waals surface area (Å²) in [6.07, 6.45) is 1.37. The highest BCUT2D eigenvalue weighted by atomic mass is 16.6. The molecule has 1 spiro atoms. The second-order valence-corrected chi connectivity index (χ2v) is 10.9. The SMILES string of the molecule is COc1cc(=O)c2c(=O)c3c(c(=O)c=2c1=O)=C(O)[C@]1(CCc2cc4cc(/C=N/OCc5ccccc5)[nH]c(=O)c4c(O)c21)C=3O. The molecule has 12 heteroatoms. The van der Waals surface area contributed by atoms with Crippen LogP contribution in [0.2, 0.25) is 0 Å². The van der Waals surface area contributed by atoms with Gasteiger partial charge in [-0.1, -0.05) is 41.6 Å². The molecular formula is C33H22N2O10. The van der Waals surface area contributed by atoms with E-state index >= 15 is 0 Å². The summed E-state index contributed by atoms with van der Waals surface area (Å²) in [5.41, 5.74) is -5.37. The molecule has 0 aliphatic heterocycles. The number of aryl methyl sites for hydroxylation is 1. The number of hydrogen-bond donors (Lipinski definition) is 4. The smallest absolute Gasteiger partial charge is 0.260 e. The number of fused-ring (bicyclic) bond motifs is 4. The van der Waals surface area contributed by atoms with E-state index in [-0.39, 0.29) is 36.1 Å². The van der Waals surface area contributed by atoms with Crippen LogP contribution in [0.4, 0.5) is 0 Å². The Morgan fingerprint density at radius 3 is 2.27 bits per heavy atom. The van der Waals surface area contributed by atoms with Crippen LogP contribution in [0.1, 0.15) is 28.8 Å². The molecule has 7 rings (SSSR count). The zero-order chi connectivity index (χ0) is 31.8. The van der Waals surface area contributed by atoms with Crippen LogP contribution in [0, 0.1) is 10.4 Å². The number of aliphatic hydroxyl groups excluding tert-OH is 2. The lowest BCUT2D eigenvalue weighted by Crippen LogP contribution is -2.51. The van der Waals surface area contributed by atoms with Crippen molar-refractivity contribution in [3.05, 3.63) is 143 Å². The van der Waals surface area contributed by atoms with Gasteiger partial charge in [0.05, 0.1) is 45.3 Å². The van der Waals surface area contributed by atoms with E-state index < -0.39 is 76.6 Å². The number of aromatic nitrogens is 1.